The van der Waals surface area contributed by atoms with Crippen molar-refractivity contribution in [3.63, 3.8) is 0 Å². The number of hydrogen-bond acceptors (Lipinski definition) is 4. The molecule has 170 valence electrons. The highest BCUT2D eigenvalue weighted by Gasteiger charge is 2.48. The van der Waals surface area contributed by atoms with Gasteiger partial charge in [0.15, 0.2) is 0 Å². The first-order valence-corrected chi connectivity index (χ1v) is 8.58. The summed E-state index contributed by atoms with van der Waals surface area (Å²) < 4.78 is 160. The highest BCUT2D eigenvalue weighted by Crippen LogP contribution is 2.48. The van der Waals surface area contributed by atoms with Gasteiger partial charge in [0.2, 0.25) is 12.2 Å². The largest absolute Gasteiger partial charge is 0.448 e. The van der Waals surface area contributed by atoms with E-state index in [1.54, 1.807) is 0 Å². The van der Waals surface area contributed by atoms with Crippen molar-refractivity contribution in [3.8, 4) is 0 Å². The summed E-state index contributed by atoms with van der Waals surface area (Å²) in [5.74, 6) is -3.16. The summed E-state index contributed by atoms with van der Waals surface area (Å²) in [5, 5.41) is -5.15. The highest BCUT2D eigenvalue weighted by atomic mass is 19.4. The maximum atomic E-state index is 14.4. The van der Waals surface area contributed by atoms with Gasteiger partial charge in [0.1, 0.15) is 0 Å². The lowest BCUT2D eigenvalue weighted by molar-refractivity contribution is -0.222. The van der Waals surface area contributed by atoms with Gasteiger partial charge in [-0.1, -0.05) is 48.3 Å². The van der Waals surface area contributed by atoms with Crippen molar-refractivity contribution in [1.29, 1.82) is 0 Å². The molecule has 2 unspecified atom stereocenters. The number of alkyl halides is 6. The molecule has 0 aliphatic rings. The normalized spacial score (nSPS) is 17.8. The number of carbonyl (C=O) groups excluding carboxylic acids is 2. The minimum atomic E-state index is -5.60. The average molecular weight is 466 g/mol. The van der Waals surface area contributed by atoms with Gasteiger partial charge in [-0.25, -0.2) is 0 Å². The fourth-order valence-corrected chi connectivity index (χ4v) is 3.12. The van der Waals surface area contributed by atoms with Gasteiger partial charge in [0, 0.05) is 25.0 Å². The maximum absolute atomic E-state index is 14.4. The molecule has 0 amide bonds. The lowest BCUT2D eigenvalue weighted by Crippen LogP contribution is -2.28. The van der Waals surface area contributed by atoms with E-state index in [0.717, 1.165) is 0 Å². The molecule has 2 atom stereocenters. The van der Waals surface area contributed by atoms with E-state index in [0.29, 0.717) is 13.8 Å². The Kier molecular flexibility index (Phi) is 3.83. The molecule has 3 rings (SSSR count). The van der Waals surface area contributed by atoms with E-state index in [-0.39, 0.29) is 0 Å². The summed E-state index contributed by atoms with van der Waals surface area (Å²) in [4.78, 5) is 23.4. The van der Waals surface area contributed by atoms with Crippen LogP contribution in [0.4, 0.5) is 26.3 Å². The zero-order valence-corrected chi connectivity index (χ0v) is 16.1. The highest BCUT2D eigenvalue weighted by molar-refractivity contribution is 6.06. The van der Waals surface area contributed by atoms with Crippen molar-refractivity contribution >= 4 is 33.5 Å². The van der Waals surface area contributed by atoms with Gasteiger partial charge in [-0.05, 0) is 21.5 Å². The van der Waals surface area contributed by atoms with Crippen LogP contribution in [0.15, 0.2) is 48.3 Å². The van der Waals surface area contributed by atoms with Gasteiger partial charge in [-0.2, -0.15) is 26.3 Å². The zero-order valence-electron chi connectivity index (χ0n) is 24.1. The van der Waals surface area contributed by atoms with Crippen LogP contribution < -0.4 is 0 Å². The molecular weight excluding hydrogens is 442 g/mol. The first-order valence-electron chi connectivity index (χ1n) is 12.6. The van der Waals surface area contributed by atoms with E-state index >= 15 is 0 Å². The number of hydrogen-bond donors (Lipinski definition) is 0. The van der Waals surface area contributed by atoms with Crippen LogP contribution >= 0.6 is 0 Å². The van der Waals surface area contributed by atoms with E-state index in [1.807, 2.05) is 0 Å². The molecule has 0 aliphatic carbocycles. The van der Waals surface area contributed by atoms with Crippen LogP contribution in [0, 0.1) is 0 Å². The van der Waals surface area contributed by atoms with E-state index in [4.69, 9.17) is 11.0 Å². The Morgan fingerprint density at radius 1 is 0.688 bits per heavy atom. The van der Waals surface area contributed by atoms with Crippen LogP contribution in [0.3, 0.4) is 0 Å². The molecule has 3 aromatic carbocycles. The van der Waals surface area contributed by atoms with Crippen LogP contribution in [0.5, 0.6) is 0 Å². The van der Waals surface area contributed by atoms with Crippen LogP contribution in [0.1, 0.15) is 48.1 Å². The first-order chi connectivity index (χ1) is 18.1. The van der Waals surface area contributed by atoms with Gasteiger partial charge in [-0.15, -0.1) is 0 Å². The van der Waals surface area contributed by atoms with Gasteiger partial charge in [0.25, 0.3) is 0 Å². The van der Waals surface area contributed by atoms with Gasteiger partial charge in [0.05, 0.1) is 11.0 Å². The fourth-order valence-electron chi connectivity index (χ4n) is 3.12. The SMILES string of the molecule is [2H]c1c([2H])c([2H])c2c(C(OC(C)=O)C(F)(F)F)c3c([2H])c([2H])c([2H])c([2H])c3c(C(OC(C)=O)C(F)(F)F)c2c1[2H]. The molecule has 4 nitrogen and oxygen atoms in total. The van der Waals surface area contributed by atoms with Crippen molar-refractivity contribution in [2.75, 3.05) is 0 Å². The molecule has 0 bridgehead atoms. The molecule has 0 radical (unpaired) electrons. The molecule has 0 saturated carbocycles. The van der Waals surface area contributed by atoms with Crippen LogP contribution in [-0.2, 0) is 19.1 Å². The Hall–Kier alpha value is -3.30. The average Bonchev–Trinajstić information content (AvgIpc) is 2.82. The van der Waals surface area contributed by atoms with E-state index in [2.05, 4.69) is 9.47 Å². The van der Waals surface area contributed by atoms with Crippen LogP contribution in [0.2, 0.25) is 0 Å². The summed E-state index contributed by atoms with van der Waals surface area (Å²) in [5.41, 5.74) is -2.92. The van der Waals surface area contributed by atoms with Gasteiger partial charge in [-0.3, -0.25) is 9.59 Å². The molecule has 0 heterocycles. The van der Waals surface area contributed by atoms with Gasteiger partial charge >= 0.3 is 24.3 Å². The molecule has 0 aromatic heterocycles. The molecular formula is C22H16F6O4. The summed E-state index contributed by atoms with van der Waals surface area (Å²) in [6.07, 6.45) is -18.1. The second kappa shape index (κ2) is 8.33. The third kappa shape index (κ3) is 4.49. The van der Waals surface area contributed by atoms with Crippen LogP contribution in [0.25, 0.3) is 21.5 Å². The minimum absolute atomic E-state index is 0.544. The third-order valence-corrected chi connectivity index (χ3v) is 4.14. The van der Waals surface area contributed by atoms with E-state index < -0.39 is 118 Å². The standard InChI is InChI=1S/C22H16F6O4/c1-11(29)31-19(21(23,24)25)17-13-7-3-5-9-15(13)18(16-10-6-4-8-14(16)17)20(22(26,27)28)32-12(2)30/h3-10,19-20H,1-2H3/i3D,4D,5D,6D,7D,8D,9D,10D. The molecule has 10 heteroatoms. The Morgan fingerprint density at radius 2 is 0.938 bits per heavy atom. The van der Waals surface area contributed by atoms with Crippen molar-refractivity contribution < 1.29 is 56.4 Å². The molecule has 32 heavy (non-hydrogen) atoms. The van der Waals surface area contributed by atoms with Crippen molar-refractivity contribution in [2.45, 2.75) is 38.4 Å². The summed E-state index contributed by atoms with van der Waals surface area (Å²) >= 11 is 0. The quantitative estimate of drug-likeness (QED) is 0.256. The fraction of sp³-hybridized carbons (Fsp3) is 0.273. The summed E-state index contributed by atoms with van der Waals surface area (Å²) in [6, 6.07) is -10.2. The molecule has 0 N–H and O–H groups in total. The number of benzene rings is 3. The molecule has 0 spiro atoms. The second-order valence-corrected chi connectivity index (χ2v) is 6.39. The van der Waals surface area contributed by atoms with Crippen LogP contribution in [-0.4, -0.2) is 24.3 Å². The van der Waals surface area contributed by atoms with E-state index in [1.165, 1.54) is 0 Å². The molecule has 0 saturated heterocycles. The first kappa shape index (κ1) is 14.7. The summed E-state index contributed by atoms with van der Waals surface area (Å²) in [7, 11) is 0. The number of fused-ring (bicyclic) bond motifs is 2. The maximum Gasteiger partial charge on any atom is 0.429 e. The topological polar surface area (TPSA) is 52.6 Å². The summed E-state index contributed by atoms with van der Waals surface area (Å²) in [6.45, 7) is 1.09. The smallest absolute Gasteiger partial charge is 0.429 e. The Bertz CT molecular complexity index is 1390. The number of esters is 2. The Balaban J connectivity index is 2.97. The van der Waals surface area contributed by atoms with Crippen molar-refractivity contribution in [2.24, 2.45) is 0 Å². The monoisotopic (exact) mass is 466 g/mol. The number of halogens is 6. The lowest BCUT2D eigenvalue weighted by atomic mass is 9.87. The number of ether oxygens (including phenoxy) is 2. The minimum Gasteiger partial charge on any atom is -0.448 e. The molecule has 3 aromatic rings. The zero-order chi connectivity index (χ0) is 30.8. The van der Waals surface area contributed by atoms with Gasteiger partial charge < -0.3 is 9.47 Å². The molecule has 0 fully saturated rings. The predicted octanol–water partition coefficient (Wildman–Crippen LogP) is 6.33. The van der Waals surface area contributed by atoms with Crippen molar-refractivity contribution in [3.05, 3.63) is 59.5 Å². The number of carbonyl (C=O) groups is 2. The second-order valence-electron chi connectivity index (χ2n) is 6.39. The lowest BCUT2D eigenvalue weighted by Gasteiger charge is -2.28. The Labute approximate surface area is 188 Å². The molecule has 0 aliphatic heterocycles. The predicted molar refractivity (Wildman–Crippen MR) is 103 cm³/mol. The van der Waals surface area contributed by atoms with Crippen molar-refractivity contribution in [1.82, 2.24) is 0 Å². The van der Waals surface area contributed by atoms with E-state index in [9.17, 15) is 35.9 Å². The number of rotatable bonds is 4. The third-order valence-electron chi connectivity index (χ3n) is 4.14. The Morgan fingerprint density at radius 3 is 1.12 bits per heavy atom.